The first-order valence-corrected chi connectivity index (χ1v) is 12.0. The first-order valence-electron chi connectivity index (χ1n) is 12.0. The van der Waals surface area contributed by atoms with Crippen molar-refractivity contribution in [3.63, 3.8) is 0 Å². The van der Waals surface area contributed by atoms with Gasteiger partial charge in [0, 0.05) is 51.1 Å². The molecule has 1 aliphatic heterocycles. The van der Waals surface area contributed by atoms with Crippen LogP contribution in [0.5, 0.6) is 0 Å². The van der Waals surface area contributed by atoms with Crippen molar-refractivity contribution in [3.05, 3.63) is 71.1 Å². The normalized spacial score (nSPS) is 15.1. The highest BCUT2D eigenvalue weighted by Gasteiger charge is 2.20. The van der Waals surface area contributed by atoms with Gasteiger partial charge in [-0.1, -0.05) is 67.5 Å². The molecule has 0 aliphatic carbocycles. The molecule has 33 heavy (non-hydrogen) atoms. The average molecular weight is 447 g/mol. The Balaban J connectivity index is 1.27. The fourth-order valence-corrected chi connectivity index (χ4v) is 4.27. The summed E-state index contributed by atoms with van der Waals surface area (Å²) in [6, 6.07) is 16.8. The fraction of sp³-hybridized carbons (Fsp3) is 0.444. The Labute approximate surface area is 196 Å². The molecule has 2 aromatic carbocycles. The molecule has 1 amide bonds. The van der Waals surface area contributed by atoms with Gasteiger partial charge < -0.3 is 9.42 Å². The van der Waals surface area contributed by atoms with E-state index >= 15 is 0 Å². The lowest BCUT2D eigenvalue weighted by Crippen LogP contribution is -2.35. The lowest BCUT2D eigenvalue weighted by Gasteiger charge is -2.22. The number of aryl methyl sites for hydroxylation is 2. The summed E-state index contributed by atoms with van der Waals surface area (Å²) in [5.41, 5.74) is 4.90. The van der Waals surface area contributed by atoms with E-state index in [4.69, 9.17) is 4.52 Å². The van der Waals surface area contributed by atoms with E-state index in [1.54, 1.807) is 0 Å². The maximum Gasteiger partial charge on any atom is 0.227 e. The number of rotatable bonds is 7. The zero-order valence-corrected chi connectivity index (χ0v) is 20.0. The molecule has 1 aliphatic rings. The number of hydrogen-bond acceptors (Lipinski definition) is 5. The molecule has 1 saturated heterocycles. The number of aromatic nitrogens is 2. The summed E-state index contributed by atoms with van der Waals surface area (Å²) in [4.78, 5) is 21.8. The van der Waals surface area contributed by atoms with Crippen molar-refractivity contribution >= 4 is 5.91 Å². The predicted octanol–water partition coefficient (Wildman–Crippen LogP) is 4.84. The zero-order chi connectivity index (χ0) is 23.2. The second kappa shape index (κ2) is 10.8. The van der Waals surface area contributed by atoms with E-state index in [1.807, 2.05) is 17.0 Å². The third-order valence-electron chi connectivity index (χ3n) is 6.45. The molecule has 1 fully saturated rings. The van der Waals surface area contributed by atoms with Crippen molar-refractivity contribution in [2.45, 2.75) is 52.5 Å². The van der Waals surface area contributed by atoms with Crippen LogP contribution in [0.4, 0.5) is 0 Å². The smallest absolute Gasteiger partial charge is 0.227 e. The Morgan fingerprint density at radius 2 is 1.82 bits per heavy atom. The number of carbonyl (C=O) groups is 1. The number of hydrogen-bond donors (Lipinski definition) is 0. The topological polar surface area (TPSA) is 62.5 Å². The van der Waals surface area contributed by atoms with E-state index in [9.17, 15) is 4.79 Å². The highest BCUT2D eigenvalue weighted by Crippen LogP contribution is 2.21. The maximum atomic E-state index is 12.8. The van der Waals surface area contributed by atoms with Crippen molar-refractivity contribution < 1.29 is 9.32 Å². The summed E-state index contributed by atoms with van der Waals surface area (Å²) in [5.74, 6) is 1.74. The number of benzene rings is 2. The van der Waals surface area contributed by atoms with E-state index in [1.165, 1.54) is 16.7 Å². The van der Waals surface area contributed by atoms with Crippen LogP contribution < -0.4 is 0 Å². The minimum Gasteiger partial charge on any atom is -0.341 e. The molecule has 6 heteroatoms. The summed E-state index contributed by atoms with van der Waals surface area (Å²) in [5, 5.41) is 4.11. The summed E-state index contributed by atoms with van der Waals surface area (Å²) in [7, 11) is 0. The molecule has 3 aromatic rings. The Hall–Kier alpha value is -2.99. The zero-order valence-electron chi connectivity index (χ0n) is 20.0. The molecule has 0 unspecified atom stereocenters. The van der Waals surface area contributed by atoms with Gasteiger partial charge in [0.15, 0.2) is 0 Å². The largest absolute Gasteiger partial charge is 0.341 e. The van der Waals surface area contributed by atoms with Crippen LogP contribution in [-0.2, 0) is 17.8 Å². The van der Waals surface area contributed by atoms with Crippen LogP contribution in [0.25, 0.3) is 11.4 Å². The van der Waals surface area contributed by atoms with Gasteiger partial charge in [0.25, 0.3) is 0 Å². The van der Waals surface area contributed by atoms with Crippen molar-refractivity contribution in [2.24, 2.45) is 0 Å². The van der Waals surface area contributed by atoms with Crippen LogP contribution in [-0.4, -0.2) is 52.0 Å². The van der Waals surface area contributed by atoms with Gasteiger partial charge in [0.1, 0.15) is 0 Å². The summed E-state index contributed by atoms with van der Waals surface area (Å²) in [6.07, 6.45) is 1.86. The molecule has 1 aromatic heterocycles. The van der Waals surface area contributed by atoms with Gasteiger partial charge in [-0.2, -0.15) is 4.98 Å². The van der Waals surface area contributed by atoms with E-state index < -0.39 is 0 Å². The highest BCUT2D eigenvalue weighted by molar-refractivity contribution is 5.76. The van der Waals surface area contributed by atoms with Gasteiger partial charge in [-0.05, 0) is 36.0 Å². The van der Waals surface area contributed by atoms with Gasteiger partial charge in [0.05, 0.1) is 0 Å². The van der Waals surface area contributed by atoms with Crippen LogP contribution in [0.1, 0.15) is 55.2 Å². The Morgan fingerprint density at radius 3 is 2.58 bits per heavy atom. The van der Waals surface area contributed by atoms with Crippen molar-refractivity contribution in [3.8, 4) is 11.4 Å². The third kappa shape index (κ3) is 6.08. The minimum atomic E-state index is 0.161. The van der Waals surface area contributed by atoms with Gasteiger partial charge in [-0.25, -0.2) is 0 Å². The Morgan fingerprint density at radius 1 is 1.03 bits per heavy atom. The minimum absolute atomic E-state index is 0.161. The van der Waals surface area contributed by atoms with Crippen molar-refractivity contribution in [1.29, 1.82) is 0 Å². The van der Waals surface area contributed by atoms with Crippen LogP contribution in [0, 0.1) is 6.92 Å². The number of amides is 1. The molecule has 4 rings (SSSR count). The molecule has 174 valence electrons. The Bertz CT molecular complexity index is 1060. The first-order chi connectivity index (χ1) is 16.0. The molecular weight excluding hydrogens is 412 g/mol. The SMILES string of the molecule is Cc1ccccc1CN1CCCN(C(=O)CCc2nc(-c3ccc(C(C)C)cc3)no2)CC1. The third-order valence-corrected chi connectivity index (χ3v) is 6.45. The molecule has 0 atom stereocenters. The first kappa shape index (κ1) is 23.2. The summed E-state index contributed by atoms with van der Waals surface area (Å²) in [6.45, 7) is 10.9. The monoisotopic (exact) mass is 446 g/mol. The van der Waals surface area contributed by atoms with Gasteiger partial charge >= 0.3 is 0 Å². The lowest BCUT2D eigenvalue weighted by atomic mass is 10.0. The second-order valence-electron chi connectivity index (χ2n) is 9.23. The number of nitrogens with zero attached hydrogens (tertiary/aromatic N) is 4. The molecule has 0 saturated carbocycles. The van der Waals surface area contributed by atoms with Crippen LogP contribution in [0.2, 0.25) is 0 Å². The van der Waals surface area contributed by atoms with E-state index in [-0.39, 0.29) is 5.91 Å². The molecule has 6 nitrogen and oxygen atoms in total. The van der Waals surface area contributed by atoms with E-state index in [0.717, 1.165) is 44.7 Å². The molecule has 0 radical (unpaired) electrons. The molecule has 0 bridgehead atoms. The molecule has 0 spiro atoms. The molecule has 0 N–H and O–H groups in total. The average Bonchev–Trinajstić information content (AvgIpc) is 3.17. The van der Waals surface area contributed by atoms with Gasteiger partial charge in [-0.3, -0.25) is 9.69 Å². The maximum absolute atomic E-state index is 12.8. The van der Waals surface area contributed by atoms with Crippen LogP contribution >= 0.6 is 0 Å². The molecule has 2 heterocycles. The van der Waals surface area contributed by atoms with Gasteiger partial charge in [0.2, 0.25) is 17.6 Å². The number of carbonyl (C=O) groups excluding carboxylic acids is 1. The van der Waals surface area contributed by atoms with Crippen LogP contribution in [0.3, 0.4) is 0 Å². The Kier molecular flexibility index (Phi) is 7.55. The van der Waals surface area contributed by atoms with E-state index in [2.05, 4.69) is 72.2 Å². The lowest BCUT2D eigenvalue weighted by molar-refractivity contribution is -0.131. The quantitative estimate of drug-likeness (QED) is 0.520. The predicted molar refractivity (Wildman–Crippen MR) is 130 cm³/mol. The summed E-state index contributed by atoms with van der Waals surface area (Å²) >= 11 is 0. The summed E-state index contributed by atoms with van der Waals surface area (Å²) < 4.78 is 5.41. The fourth-order valence-electron chi connectivity index (χ4n) is 4.27. The van der Waals surface area contributed by atoms with Gasteiger partial charge in [-0.15, -0.1) is 0 Å². The standard InChI is InChI=1S/C27H34N4O2/c1-20(2)22-9-11-23(12-10-22)27-28-25(33-29-27)13-14-26(32)31-16-6-15-30(17-18-31)19-24-8-5-4-7-21(24)3/h4-5,7-12,20H,6,13-19H2,1-3H3. The molecular formula is C27H34N4O2. The van der Waals surface area contributed by atoms with E-state index in [0.29, 0.717) is 30.5 Å². The highest BCUT2D eigenvalue weighted by atomic mass is 16.5. The van der Waals surface area contributed by atoms with Crippen LogP contribution in [0.15, 0.2) is 53.1 Å². The van der Waals surface area contributed by atoms with Crippen molar-refractivity contribution in [1.82, 2.24) is 19.9 Å². The van der Waals surface area contributed by atoms with Crippen molar-refractivity contribution in [2.75, 3.05) is 26.2 Å². The second-order valence-corrected chi connectivity index (χ2v) is 9.23.